The van der Waals surface area contributed by atoms with Gasteiger partial charge in [0.1, 0.15) is 0 Å². The van der Waals surface area contributed by atoms with Crippen LogP contribution in [0.4, 0.5) is 0 Å². The highest BCUT2D eigenvalue weighted by molar-refractivity contribution is 5.14. The summed E-state index contributed by atoms with van der Waals surface area (Å²) in [4.78, 5) is 5.67. The summed E-state index contributed by atoms with van der Waals surface area (Å²) in [5.41, 5.74) is 1.05. The number of hydrogen-bond donors (Lipinski definition) is 0. The third kappa shape index (κ3) is 2.28. The maximum absolute atomic E-state index is 2.84. The molecule has 6 bridgehead atoms. The zero-order chi connectivity index (χ0) is 16.6. The van der Waals surface area contributed by atoms with Crippen molar-refractivity contribution in [1.29, 1.82) is 0 Å². The van der Waals surface area contributed by atoms with Gasteiger partial charge in [-0.05, 0) is 93.8 Å². The van der Waals surface area contributed by atoms with E-state index in [4.69, 9.17) is 0 Å². The molecule has 3 unspecified atom stereocenters. The van der Waals surface area contributed by atoms with Crippen LogP contribution < -0.4 is 0 Å². The van der Waals surface area contributed by atoms with Crippen molar-refractivity contribution in [1.82, 2.24) is 9.80 Å². The molecular weight excluding hydrogens is 304 g/mol. The minimum Gasteiger partial charge on any atom is -0.353 e. The van der Waals surface area contributed by atoms with E-state index < -0.39 is 0 Å². The van der Waals surface area contributed by atoms with E-state index in [2.05, 4.69) is 29.1 Å². The van der Waals surface area contributed by atoms with Crippen molar-refractivity contribution in [3.05, 3.63) is 12.4 Å². The Morgan fingerprint density at radius 2 is 1.32 bits per heavy atom. The lowest BCUT2D eigenvalue weighted by molar-refractivity contribution is -0.0882. The summed E-state index contributed by atoms with van der Waals surface area (Å²) < 4.78 is 0. The largest absolute Gasteiger partial charge is 0.353 e. The standard InChI is InChI=1S/C23H36N2/c1-17-7-18-3-2-4-22(11-17,12-18)24-5-6-25(16-24)23-13-19-8-20(14-23)10-21(9-19)15-23/h5-6,17-21H,2-4,7-16H2,1H3. The van der Waals surface area contributed by atoms with Crippen LogP contribution in [0.5, 0.6) is 0 Å². The Labute approximate surface area is 154 Å². The third-order valence-corrected chi connectivity index (χ3v) is 9.34. The van der Waals surface area contributed by atoms with Crippen LogP contribution >= 0.6 is 0 Å². The van der Waals surface area contributed by atoms with Gasteiger partial charge < -0.3 is 9.80 Å². The molecule has 2 nitrogen and oxygen atoms in total. The SMILES string of the molecule is CC1CC2CCCC(N3C=CN(C45CC6CC(CC(C6)C4)C5)C3)(C1)C2. The Balaban J connectivity index is 1.24. The van der Waals surface area contributed by atoms with Gasteiger partial charge in [-0.1, -0.05) is 19.8 Å². The number of hydrogen-bond acceptors (Lipinski definition) is 2. The Morgan fingerprint density at radius 3 is 2.00 bits per heavy atom. The molecule has 1 aliphatic heterocycles. The van der Waals surface area contributed by atoms with E-state index in [1.807, 2.05) is 0 Å². The molecule has 0 aromatic heterocycles. The number of rotatable bonds is 2. The van der Waals surface area contributed by atoms with Gasteiger partial charge >= 0.3 is 0 Å². The molecule has 2 heteroatoms. The molecule has 0 amide bonds. The van der Waals surface area contributed by atoms with Gasteiger partial charge in [-0.25, -0.2) is 0 Å². The summed E-state index contributed by atoms with van der Waals surface area (Å²) in [7, 11) is 0. The number of fused-ring (bicyclic) bond motifs is 2. The zero-order valence-corrected chi connectivity index (χ0v) is 16.1. The molecular formula is C23H36N2. The molecule has 0 N–H and O–H groups in total. The van der Waals surface area contributed by atoms with Gasteiger partial charge in [0.25, 0.3) is 0 Å². The second-order valence-electron chi connectivity index (χ2n) is 11.3. The second kappa shape index (κ2) is 5.20. The van der Waals surface area contributed by atoms with E-state index in [1.54, 1.807) is 19.3 Å². The minimum absolute atomic E-state index is 0.508. The Bertz CT molecular complexity index is 516. The van der Waals surface area contributed by atoms with E-state index in [9.17, 15) is 0 Å². The molecule has 0 aromatic carbocycles. The first-order valence-corrected chi connectivity index (χ1v) is 11.3. The molecule has 6 saturated carbocycles. The molecule has 6 fully saturated rings. The maximum Gasteiger partial charge on any atom is 0.0904 e. The fourth-order valence-electron chi connectivity index (χ4n) is 8.98. The molecule has 0 radical (unpaired) electrons. The van der Waals surface area contributed by atoms with Crippen LogP contribution in [0.15, 0.2) is 12.4 Å². The van der Waals surface area contributed by atoms with E-state index in [0.717, 1.165) is 29.6 Å². The predicted octanol–water partition coefficient (Wildman–Crippen LogP) is 5.36. The van der Waals surface area contributed by atoms with Crippen molar-refractivity contribution >= 4 is 0 Å². The van der Waals surface area contributed by atoms with Crippen LogP contribution in [-0.4, -0.2) is 27.5 Å². The van der Waals surface area contributed by atoms with Crippen molar-refractivity contribution in [2.24, 2.45) is 29.6 Å². The highest BCUT2D eigenvalue weighted by Gasteiger charge is 2.55. The first-order chi connectivity index (χ1) is 12.1. The van der Waals surface area contributed by atoms with E-state index >= 15 is 0 Å². The van der Waals surface area contributed by atoms with Crippen LogP contribution in [0.1, 0.15) is 84.0 Å². The molecule has 6 aliphatic carbocycles. The van der Waals surface area contributed by atoms with Crippen LogP contribution in [0, 0.1) is 29.6 Å². The molecule has 3 atom stereocenters. The fraction of sp³-hybridized carbons (Fsp3) is 0.913. The van der Waals surface area contributed by atoms with Crippen LogP contribution in [0.3, 0.4) is 0 Å². The summed E-state index contributed by atoms with van der Waals surface area (Å²) in [5, 5.41) is 0. The summed E-state index contributed by atoms with van der Waals surface area (Å²) in [6.07, 6.45) is 23.1. The van der Waals surface area contributed by atoms with Gasteiger partial charge in [0, 0.05) is 23.5 Å². The van der Waals surface area contributed by atoms with E-state index in [-0.39, 0.29) is 0 Å². The van der Waals surface area contributed by atoms with Gasteiger partial charge in [0.05, 0.1) is 6.67 Å². The molecule has 0 saturated heterocycles. The molecule has 0 aromatic rings. The van der Waals surface area contributed by atoms with Crippen LogP contribution in [-0.2, 0) is 0 Å². The van der Waals surface area contributed by atoms with Gasteiger partial charge in [-0.15, -0.1) is 0 Å². The molecule has 7 aliphatic rings. The smallest absolute Gasteiger partial charge is 0.0904 e. The topological polar surface area (TPSA) is 6.48 Å². The summed E-state index contributed by atoms with van der Waals surface area (Å²) >= 11 is 0. The summed E-state index contributed by atoms with van der Waals surface area (Å²) in [5.74, 6) is 5.11. The Hall–Kier alpha value is -0.660. The first kappa shape index (κ1) is 15.4. The van der Waals surface area contributed by atoms with E-state index in [1.165, 1.54) is 64.5 Å². The van der Waals surface area contributed by atoms with Gasteiger partial charge in [-0.3, -0.25) is 0 Å². The van der Waals surface area contributed by atoms with Crippen LogP contribution in [0.2, 0.25) is 0 Å². The van der Waals surface area contributed by atoms with Crippen molar-refractivity contribution in [2.75, 3.05) is 6.67 Å². The lowest BCUT2D eigenvalue weighted by Gasteiger charge is -2.60. The molecule has 0 spiro atoms. The molecule has 7 rings (SSSR count). The van der Waals surface area contributed by atoms with E-state index in [0.29, 0.717) is 11.1 Å². The van der Waals surface area contributed by atoms with Crippen LogP contribution in [0.25, 0.3) is 0 Å². The molecule has 138 valence electrons. The summed E-state index contributed by atoms with van der Waals surface area (Å²) in [6.45, 7) is 3.73. The maximum atomic E-state index is 2.84. The fourth-order valence-corrected chi connectivity index (χ4v) is 8.98. The lowest BCUT2D eigenvalue weighted by Crippen LogP contribution is -2.60. The average molecular weight is 341 g/mol. The van der Waals surface area contributed by atoms with Crippen molar-refractivity contribution in [3.63, 3.8) is 0 Å². The van der Waals surface area contributed by atoms with Gasteiger partial charge in [0.15, 0.2) is 0 Å². The normalized spacial score (nSPS) is 53.7. The molecule has 1 heterocycles. The van der Waals surface area contributed by atoms with Crippen molar-refractivity contribution in [2.45, 2.75) is 95.1 Å². The van der Waals surface area contributed by atoms with Crippen molar-refractivity contribution in [3.8, 4) is 0 Å². The molecule has 25 heavy (non-hydrogen) atoms. The third-order valence-electron chi connectivity index (χ3n) is 9.34. The highest BCUT2D eigenvalue weighted by Crippen LogP contribution is 2.59. The van der Waals surface area contributed by atoms with Gasteiger partial charge in [0.2, 0.25) is 0 Å². The van der Waals surface area contributed by atoms with Gasteiger partial charge in [-0.2, -0.15) is 0 Å². The monoisotopic (exact) mass is 340 g/mol. The minimum atomic E-state index is 0.508. The highest BCUT2D eigenvalue weighted by atomic mass is 15.4. The quantitative estimate of drug-likeness (QED) is 0.667. The predicted molar refractivity (Wildman–Crippen MR) is 102 cm³/mol. The Kier molecular flexibility index (Phi) is 3.20. The van der Waals surface area contributed by atoms with Crippen molar-refractivity contribution < 1.29 is 0 Å². The number of nitrogens with zero attached hydrogens (tertiary/aromatic N) is 2. The second-order valence-corrected chi connectivity index (χ2v) is 11.3. The average Bonchev–Trinajstić information content (AvgIpc) is 3.04. The first-order valence-electron chi connectivity index (χ1n) is 11.3. The zero-order valence-electron chi connectivity index (χ0n) is 16.1. The Morgan fingerprint density at radius 1 is 0.720 bits per heavy atom. The lowest BCUT2D eigenvalue weighted by atomic mass is 9.52. The summed E-state index contributed by atoms with van der Waals surface area (Å²) in [6, 6.07) is 0.